The number of hydrogen-bond acceptors (Lipinski definition) is 8. The van der Waals surface area contributed by atoms with E-state index >= 15 is 0 Å². The number of rotatable bonds is 7. The summed E-state index contributed by atoms with van der Waals surface area (Å²) in [5, 5.41) is 1.37. The highest BCUT2D eigenvalue weighted by atomic mass is 32.2. The second kappa shape index (κ2) is 8.53. The first kappa shape index (κ1) is 23.9. The average molecular weight is 487 g/mol. The summed E-state index contributed by atoms with van der Waals surface area (Å²) < 4.78 is 44.2. The van der Waals surface area contributed by atoms with Crippen molar-refractivity contribution in [2.45, 2.75) is 16.6 Å². The molecule has 2 bridgehead atoms. The Balaban J connectivity index is 1.77. The van der Waals surface area contributed by atoms with Gasteiger partial charge in [-0.3, -0.25) is 0 Å². The number of carbonyl (C=O) groups excluding carboxylic acids is 2. The molecule has 2 atom stereocenters. The number of methoxy groups -OCH3 is 2. The first-order valence-electron chi connectivity index (χ1n) is 10.5. The second-order valence-electron chi connectivity index (χ2n) is 8.34. The van der Waals surface area contributed by atoms with Crippen LogP contribution >= 0.6 is 0 Å². The van der Waals surface area contributed by atoms with Gasteiger partial charge in [0.15, 0.2) is 0 Å². The number of anilines is 1. The Morgan fingerprint density at radius 2 is 1.65 bits per heavy atom. The monoisotopic (exact) mass is 486 g/mol. The minimum absolute atomic E-state index is 0.0171. The van der Waals surface area contributed by atoms with E-state index < -0.39 is 33.7 Å². The van der Waals surface area contributed by atoms with Crippen LogP contribution in [0.15, 0.2) is 64.6 Å². The number of hydrogen-bond donors (Lipinski definition) is 0. The van der Waals surface area contributed by atoms with Crippen molar-refractivity contribution in [2.75, 3.05) is 46.8 Å². The molecule has 0 spiro atoms. The highest BCUT2D eigenvalue weighted by molar-refractivity contribution is 7.89. The van der Waals surface area contributed by atoms with Crippen LogP contribution in [0.25, 0.3) is 10.8 Å². The number of esters is 2. The van der Waals surface area contributed by atoms with Crippen LogP contribution in [-0.4, -0.2) is 78.3 Å². The molecule has 2 aromatic rings. The van der Waals surface area contributed by atoms with Crippen LogP contribution in [0.1, 0.15) is 0 Å². The van der Waals surface area contributed by atoms with E-state index in [9.17, 15) is 18.0 Å². The molecule has 0 radical (unpaired) electrons. The van der Waals surface area contributed by atoms with Gasteiger partial charge < -0.3 is 19.1 Å². The fraction of sp³-hybridized carbons (Fsp3) is 0.333. The van der Waals surface area contributed by atoms with E-state index in [1.807, 2.05) is 31.1 Å². The molecule has 10 heteroatoms. The van der Waals surface area contributed by atoms with E-state index in [0.717, 1.165) is 15.4 Å². The summed E-state index contributed by atoms with van der Waals surface area (Å²) in [5.74, 6) is -1.51. The van der Waals surface area contributed by atoms with Gasteiger partial charge in [0, 0.05) is 37.6 Å². The first-order valence-corrected chi connectivity index (χ1v) is 11.9. The zero-order valence-corrected chi connectivity index (χ0v) is 20.4. The SMILES string of the molecule is COC(=O)C1=C(C(=O)OC)C2(CN(C)S(=O)(=O)c3cccc4c(N(C)C)cccc34)C=CC1O2. The Hall–Kier alpha value is -3.21. The third-order valence-corrected chi connectivity index (χ3v) is 8.00. The normalized spacial score (nSPS) is 21.4. The molecule has 2 aliphatic heterocycles. The van der Waals surface area contributed by atoms with Crippen molar-refractivity contribution in [1.82, 2.24) is 4.31 Å². The smallest absolute Gasteiger partial charge is 0.337 e. The van der Waals surface area contributed by atoms with Crippen LogP contribution in [0.5, 0.6) is 0 Å². The average Bonchev–Trinajstić information content (AvgIpc) is 3.38. The predicted octanol–water partition coefficient (Wildman–Crippen LogP) is 1.88. The Morgan fingerprint density at radius 1 is 1.00 bits per heavy atom. The van der Waals surface area contributed by atoms with Crippen LogP contribution in [0.3, 0.4) is 0 Å². The summed E-state index contributed by atoms with van der Waals surface area (Å²) >= 11 is 0. The Labute approximate surface area is 198 Å². The number of fused-ring (bicyclic) bond motifs is 3. The predicted molar refractivity (Wildman–Crippen MR) is 126 cm³/mol. The van der Waals surface area contributed by atoms with Crippen LogP contribution in [-0.2, 0) is 33.8 Å². The van der Waals surface area contributed by atoms with E-state index in [1.165, 1.54) is 21.3 Å². The van der Waals surface area contributed by atoms with Gasteiger partial charge in [-0.15, -0.1) is 0 Å². The number of likely N-dealkylation sites (N-methyl/N-ethyl adjacent to an activating group) is 1. The zero-order chi connectivity index (χ0) is 24.8. The number of ether oxygens (including phenoxy) is 3. The molecular weight excluding hydrogens is 460 g/mol. The zero-order valence-electron chi connectivity index (χ0n) is 19.6. The van der Waals surface area contributed by atoms with Crippen molar-refractivity contribution in [2.24, 2.45) is 0 Å². The van der Waals surface area contributed by atoms with Crippen molar-refractivity contribution in [1.29, 1.82) is 0 Å². The lowest BCUT2D eigenvalue weighted by Crippen LogP contribution is -2.45. The van der Waals surface area contributed by atoms with Gasteiger partial charge in [0.2, 0.25) is 10.0 Å². The van der Waals surface area contributed by atoms with E-state index in [0.29, 0.717) is 5.39 Å². The molecule has 4 rings (SSSR count). The largest absolute Gasteiger partial charge is 0.466 e. The van der Waals surface area contributed by atoms with Crippen LogP contribution in [0, 0.1) is 0 Å². The van der Waals surface area contributed by atoms with Crippen molar-refractivity contribution in [3.05, 3.63) is 59.7 Å². The highest BCUT2D eigenvalue weighted by Crippen LogP contribution is 2.45. The summed E-state index contributed by atoms with van der Waals surface area (Å²) in [7, 11) is 3.56. The van der Waals surface area contributed by atoms with E-state index in [1.54, 1.807) is 36.4 Å². The number of sulfonamides is 1. The molecule has 0 N–H and O–H groups in total. The molecule has 180 valence electrons. The summed E-state index contributed by atoms with van der Waals surface area (Å²) in [6.45, 7) is -0.239. The minimum Gasteiger partial charge on any atom is -0.466 e. The van der Waals surface area contributed by atoms with Crippen molar-refractivity contribution in [3.63, 3.8) is 0 Å². The molecule has 2 aromatic carbocycles. The van der Waals surface area contributed by atoms with Gasteiger partial charge in [0.1, 0.15) is 11.7 Å². The van der Waals surface area contributed by atoms with Crippen molar-refractivity contribution in [3.8, 4) is 0 Å². The molecule has 34 heavy (non-hydrogen) atoms. The van der Waals surface area contributed by atoms with Crippen LogP contribution in [0.4, 0.5) is 5.69 Å². The third-order valence-electron chi connectivity index (χ3n) is 6.14. The molecule has 2 aliphatic rings. The fourth-order valence-corrected chi connectivity index (χ4v) is 5.96. The standard InChI is InChI=1S/C24H26N2O7S/c1-25(2)17-10-6-9-16-15(17)8-7-11-19(16)34(29,30)26(3)14-24-13-12-18(33-24)20(22(27)31-4)21(24)23(28)32-5/h6-13,18H,14H2,1-5H3. The second-order valence-corrected chi connectivity index (χ2v) is 10.4. The summed E-state index contributed by atoms with van der Waals surface area (Å²) in [6, 6.07) is 10.6. The Bertz CT molecular complexity index is 1350. The molecule has 0 amide bonds. The summed E-state index contributed by atoms with van der Waals surface area (Å²) in [6.07, 6.45) is 2.38. The van der Waals surface area contributed by atoms with Gasteiger partial charge in [-0.1, -0.05) is 30.3 Å². The molecule has 0 fully saturated rings. The van der Waals surface area contributed by atoms with Gasteiger partial charge in [-0.05, 0) is 18.2 Å². The maximum absolute atomic E-state index is 13.7. The van der Waals surface area contributed by atoms with Crippen LogP contribution < -0.4 is 4.90 Å². The van der Waals surface area contributed by atoms with Crippen molar-refractivity contribution < 1.29 is 32.2 Å². The first-order chi connectivity index (χ1) is 16.1. The number of carbonyl (C=O) groups is 2. The maximum atomic E-state index is 13.7. The molecule has 0 aliphatic carbocycles. The van der Waals surface area contributed by atoms with Gasteiger partial charge in [-0.25, -0.2) is 18.0 Å². The molecule has 0 aromatic heterocycles. The lowest BCUT2D eigenvalue weighted by molar-refractivity contribution is -0.139. The van der Waals surface area contributed by atoms with Gasteiger partial charge in [-0.2, -0.15) is 4.31 Å². The van der Waals surface area contributed by atoms with Gasteiger partial charge in [0.05, 0.1) is 36.8 Å². The van der Waals surface area contributed by atoms with E-state index in [2.05, 4.69) is 0 Å². The quantitative estimate of drug-likeness (QED) is 0.432. The third kappa shape index (κ3) is 3.58. The molecular formula is C24H26N2O7S. The molecule has 2 heterocycles. The van der Waals surface area contributed by atoms with Gasteiger partial charge >= 0.3 is 11.9 Å². The summed E-state index contributed by atoms with van der Waals surface area (Å²) in [5.41, 5.74) is -0.620. The minimum atomic E-state index is -4.01. The molecule has 0 saturated heterocycles. The highest BCUT2D eigenvalue weighted by Gasteiger charge is 2.55. The Kier molecular flexibility index (Phi) is 6.01. The maximum Gasteiger partial charge on any atom is 0.337 e. The summed E-state index contributed by atoms with van der Waals surface area (Å²) in [4.78, 5) is 27.1. The van der Waals surface area contributed by atoms with Crippen molar-refractivity contribution >= 4 is 38.4 Å². The fourth-order valence-electron chi connectivity index (χ4n) is 4.56. The van der Waals surface area contributed by atoms with Crippen LogP contribution in [0.2, 0.25) is 0 Å². The topological polar surface area (TPSA) is 102 Å². The number of nitrogens with zero attached hydrogens (tertiary/aromatic N) is 2. The lowest BCUT2D eigenvalue weighted by atomic mass is 9.86. The van der Waals surface area contributed by atoms with E-state index in [4.69, 9.17) is 14.2 Å². The van der Waals surface area contributed by atoms with Gasteiger partial charge in [0.25, 0.3) is 0 Å². The lowest BCUT2D eigenvalue weighted by Gasteiger charge is -2.30. The number of benzene rings is 2. The molecule has 0 saturated carbocycles. The Morgan fingerprint density at radius 3 is 2.29 bits per heavy atom. The molecule has 9 nitrogen and oxygen atoms in total. The molecule has 2 unspecified atom stereocenters. The van der Waals surface area contributed by atoms with E-state index in [-0.39, 0.29) is 22.6 Å².